The van der Waals surface area contributed by atoms with Crippen molar-refractivity contribution in [3.8, 4) is 17.6 Å². The number of hydrogen-bond acceptors (Lipinski definition) is 9. The van der Waals surface area contributed by atoms with E-state index < -0.39 is 58.7 Å². The number of nitrogens with zero attached hydrogens (tertiary/aromatic N) is 4. The maximum Gasteiger partial charge on any atom is 0.433 e. The third-order valence-corrected chi connectivity index (χ3v) is 17.7. The first-order chi connectivity index (χ1) is 35.0. The van der Waals surface area contributed by atoms with Gasteiger partial charge in [-0.15, -0.1) is 0 Å². The van der Waals surface area contributed by atoms with Crippen LogP contribution in [0.3, 0.4) is 0 Å². The summed E-state index contributed by atoms with van der Waals surface area (Å²) in [5, 5.41) is 9.22. The lowest BCUT2D eigenvalue weighted by Gasteiger charge is -2.48. The van der Waals surface area contributed by atoms with Gasteiger partial charge in [0.05, 0.1) is 23.3 Å². The molecule has 5 fully saturated rings. The van der Waals surface area contributed by atoms with Gasteiger partial charge in [0.2, 0.25) is 17.7 Å². The third kappa shape index (κ3) is 7.59. The molecule has 18 heteroatoms. The summed E-state index contributed by atoms with van der Waals surface area (Å²) in [5.74, 6) is 4.08. The largest absolute Gasteiger partial charge is 0.487 e. The molecule has 8 aliphatic rings. The maximum absolute atomic E-state index is 16.6. The highest BCUT2D eigenvalue weighted by atomic mass is 35.5. The summed E-state index contributed by atoms with van der Waals surface area (Å²) >= 11 is 6.48. The Morgan fingerprint density at radius 1 is 0.973 bits per heavy atom. The number of aromatic nitrogens is 1. The van der Waals surface area contributed by atoms with Crippen LogP contribution in [0.25, 0.3) is 0 Å². The summed E-state index contributed by atoms with van der Waals surface area (Å²) in [5.41, 5.74) is 0.816. The molecule has 6 aliphatic heterocycles. The quantitative estimate of drug-likeness (QED) is 0.105. The first-order valence-corrected chi connectivity index (χ1v) is 25.6. The van der Waals surface area contributed by atoms with E-state index in [1.807, 2.05) is 17.9 Å². The lowest BCUT2D eigenvalue weighted by Crippen LogP contribution is -2.58. The number of alkyl halides is 3. The molecule has 3 saturated heterocycles. The Balaban J connectivity index is 0.777. The topological polar surface area (TPSA) is 153 Å². The van der Waals surface area contributed by atoms with Crippen LogP contribution < -0.4 is 25.6 Å². The summed E-state index contributed by atoms with van der Waals surface area (Å²) in [6.07, 6.45) is 2.66. The van der Waals surface area contributed by atoms with E-state index in [4.69, 9.17) is 16.3 Å². The summed E-state index contributed by atoms with van der Waals surface area (Å²) in [7, 11) is 0. The van der Waals surface area contributed by atoms with Crippen molar-refractivity contribution in [1.82, 2.24) is 25.4 Å². The van der Waals surface area contributed by atoms with Crippen molar-refractivity contribution in [3.05, 3.63) is 117 Å². The molecule has 73 heavy (non-hydrogen) atoms. The third-order valence-electron chi connectivity index (χ3n) is 17.4. The van der Waals surface area contributed by atoms with E-state index in [0.717, 1.165) is 55.7 Å². The zero-order valence-corrected chi connectivity index (χ0v) is 40.7. The molecule has 5 amide bonds. The number of amides is 5. The number of anilines is 2. The van der Waals surface area contributed by atoms with Crippen molar-refractivity contribution in [3.63, 3.8) is 0 Å². The van der Waals surface area contributed by atoms with E-state index in [1.54, 1.807) is 47.4 Å². The Labute approximate surface area is 423 Å². The zero-order chi connectivity index (χ0) is 50.8. The fraction of sp³-hybridized carbons (Fsp3) is 0.455. The van der Waals surface area contributed by atoms with Crippen molar-refractivity contribution in [1.29, 1.82) is 0 Å². The summed E-state index contributed by atoms with van der Waals surface area (Å²) in [6.45, 7) is 3.41. The number of fused-ring (bicyclic) bond motifs is 5. The van der Waals surface area contributed by atoms with Gasteiger partial charge in [-0.2, -0.15) is 13.2 Å². The molecule has 378 valence electrons. The molecular weight excluding hydrogens is 966 g/mol. The van der Waals surface area contributed by atoms with E-state index in [1.165, 1.54) is 17.2 Å². The lowest BCUT2D eigenvalue weighted by atomic mass is 9.56. The number of piperidine rings is 2. The van der Waals surface area contributed by atoms with Gasteiger partial charge >= 0.3 is 6.18 Å². The molecule has 0 unspecified atom stereocenters. The molecule has 1 aromatic heterocycles. The highest BCUT2D eigenvalue weighted by Gasteiger charge is 2.69. The van der Waals surface area contributed by atoms with E-state index in [2.05, 4.69) is 32.8 Å². The van der Waals surface area contributed by atoms with E-state index in [0.29, 0.717) is 54.1 Å². The van der Waals surface area contributed by atoms with Crippen molar-refractivity contribution in [2.75, 3.05) is 36.4 Å². The van der Waals surface area contributed by atoms with Crippen LogP contribution in [-0.2, 0) is 32.5 Å². The van der Waals surface area contributed by atoms with Crippen LogP contribution in [-0.4, -0.2) is 94.2 Å². The second-order valence-corrected chi connectivity index (χ2v) is 21.7. The van der Waals surface area contributed by atoms with E-state index >= 15 is 9.18 Å². The Bertz CT molecular complexity index is 3110. The van der Waals surface area contributed by atoms with Crippen LogP contribution in [0.2, 0.25) is 5.02 Å². The monoisotopic (exact) mass is 1020 g/mol. The molecule has 0 bridgehead atoms. The number of benzene rings is 3. The minimum absolute atomic E-state index is 0.0281. The van der Waals surface area contributed by atoms with Gasteiger partial charge in [-0.05, 0) is 104 Å². The van der Waals surface area contributed by atoms with Gasteiger partial charge in [0.1, 0.15) is 29.4 Å². The second kappa shape index (κ2) is 17.3. The van der Waals surface area contributed by atoms with Gasteiger partial charge in [-0.25, -0.2) is 4.39 Å². The van der Waals surface area contributed by atoms with Gasteiger partial charge in [0, 0.05) is 89.5 Å². The molecule has 6 atom stereocenters. The van der Waals surface area contributed by atoms with Crippen molar-refractivity contribution >= 4 is 52.5 Å². The molecule has 12 rings (SSSR count). The van der Waals surface area contributed by atoms with Crippen LogP contribution in [0.15, 0.2) is 66.9 Å². The number of carbonyl (C=O) groups is 5. The Hall–Kier alpha value is -6.51. The number of hydrogen-bond donors (Lipinski definition) is 3. The SMILES string of the molecule is C[C@H]1CN(C(=O)[C@@H]2NC3(CCCCC3)[C@@]3(CNc4cc(C(F)(F)F)ncc43)[C@H]2c2cccc(Cl)c2F)c2ccc(C(=O)N3CCC4(CC3)C[C@@H]4C#Cc3cccc4c3CN([C@H]3CCC(=O)NC3=O)C4=O)cc2O1. The average Bonchev–Trinajstić information content (AvgIpc) is 3.58. The normalized spacial score (nSPS) is 27.5. The Morgan fingerprint density at radius 2 is 1.75 bits per heavy atom. The number of pyridine rings is 1. The summed E-state index contributed by atoms with van der Waals surface area (Å²) in [6, 6.07) is 14.4. The fourth-order valence-electron chi connectivity index (χ4n) is 13.7. The lowest BCUT2D eigenvalue weighted by molar-refractivity contribution is -0.141. The summed E-state index contributed by atoms with van der Waals surface area (Å²) < 4.78 is 65.1. The molecule has 3 spiro atoms. The van der Waals surface area contributed by atoms with Crippen LogP contribution >= 0.6 is 11.6 Å². The van der Waals surface area contributed by atoms with Crippen LogP contribution in [0.5, 0.6) is 5.75 Å². The number of likely N-dealkylation sites (tertiary alicyclic amines) is 1. The Kier molecular flexibility index (Phi) is 11.3. The van der Waals surface area contributed by atoms with Crippen LogP contribution in [0.4, 0.5) is 28.9 Å². The molecular formula is C55H52ClF4N7O6. The van der Waals surface area contributed by atoms with E-state index in [-0.39, 0.29) is 83.7 Å². The number of imide groups is 1. The van der Waals surface area contributed by atoms with Crippen molar-refractivity contribution in [2.24, 2.45) is 11.3 Å². The molecule has 3 aromatic carbocycles. The molecule has 2 aliphatic carbocycles. The number of nitrogens with one attached hydrogen (secondary N) is 3. The first kappa shape index (κ1) is 47.5. The van der Waals surface area contributed by atoms with E-state index in [9.17, 15) is 32.3 Å². The van der Waals surface area contributed by atoms with Crippen LogP contribution in [0, 0.1) is 29.0 Å². The van der Waals surface area contributed by atoms with Gasteiger partial charge in [-0.1, -0.05) is 60.9 Å². The van der Waals surface area contributed by atoms with Gasteiger partial charge in [0.25, 0.3) is 11.8 Å². The fourth-order valence-corrected chi connectivity index (χ4v) is 13.8. The highest BCUT2D eigenvalue weighted by Crippen LogP contribution is 2.63. The van der Waals surface area contributed by atoms with Gasteiger partial charge in [-0.3, -0.25) is 39.6 Å². The summed E-state index contributed by atoms with van der Waals surface area (Å²) in [4.78, 5) is 76.4. The number of ether oxygens (including phenoxy) is 1. The average molecular weight is 1020 g/mol. The second-order valence-electron chi connectivity index (χ2n) is 21.3. The number of rotatable bonds is 4. The Morgan fingerprint density at radius 3 is 2.52 bits per heavy atom. The zero-order valence-electron chi connectivity index (χ0n) is 40.0. The standard InChI is InChI=1S/C55H52ClF4N7O6/c1-30-27-66(51(72)47-45(35-9-6-10-38(56)46(35)57)54(53(64-47)17-3-2-4-18-53)29-62-39-24-43(55(58,59)60)61-26-37(39)54)40-14-12-32(23-42(40)73-30)49(70)65-21-19-52(20-22-65)25-33(52)13-11-31-7-5-8-34-36(31)28-67(50(34)71)41-15-16-44(68)63-48(41)69/h5-10,12,14,23-24,26,30,33,41,45,47,62,64H,2-4,15-22,25,27-29H2,1H3,(H,63,68,69)/t30-,33-,41-,45-,47+,54+/m0/s1. The molecule has 7 heterocycles. The highest BCUT2D eigenvalue weighted by molar-refractivity contribution is 6.30. The predicted molar refractivity (Wildman–Crippen MR) is 260 cm³/mol. The van der Waals surface area contributed by atoms with Crippen molar-refractivity contribution in [2.45, 2.75) is 119 Å². The maximum atomic E-state index is 16.6. The molecule has 2 saturated carbocycles. The molecule has 3 N–H and O–H groups in total. The van der Waals surface area contributed by atoms with Gasteiger partial charge in [0.15, 0.2) is 0 Å². The molecule has 0 radical (unpaired) electrons. The number of carbonyl (C=O) groups excluding carboxylic acids is 5. The van der Waals surface area contributed by atoms with Gasteiger partial charge < -0.3 is 24.8 Å². The minimum Gasteiger partial charge on any atom is -0.487 e. The first-order valence-electron chi connectivity index (χ1n) is 25.2. The smallest absolute Gasteiger partial charge is 0.433 e. The predicted octanol–water partition coefficient (Wildman–Crippen LogP) is 7.88. The minimum atomic E-state index is -4.69. The van der Waals surface area contributed by atoms with Crippen molar-refractivity contribution < 1.29 is 46.3 Å². The molecule has 4 aromatic rings. The number of halogens is 5. The van der Waals surface area contributed by atoms with Crippen LogP contribution in [0.1, 0.15) is 126 Å². The molecule has 13 nitrogen and oxygen atoms in total.